The SMILES string of the molecule is CCCCCCC(NOC(=O)c1ccccc1)C(=O)c1ccc([SH]2C=CC=C2)cc1. The van der Waals surface area contributed by atoms with Crippen molar-refractivity contribution < 1.29 is 14.4 Å². The molecule has 5 heteroatoms. The number of hydroxylamine groups is 1. The first-order chi connectivity index (χ1) is 14.7. The predicted molar refractivity (Wildman–Crippen MR) is 124 cm³/mol. The molecule has 0 saturated heterocycles. The van der Waals surface area contributed by atoms with Crippen LogP contribution >= 0.6 is 10.9 Å². The number of hydrogen-bond acceptors (Lipinski definition) is 4. The van der Waals surface area contributed by atoms with E-state index in [2.05, 4.69) is 35.4 Å². The second-order valence-corrected chi connectivity index (χ2v) is 9.20. The van der Waals surface area contributed by atoms with Gasteiger partial charge in [-0.25, -0.2) is 4.79 Å². The fraction of sp³-hybridized carbons (Fsp3) is 0.280. The van der Waals surface area contributed by atoms with Gasteiger partial charge >= 0.3 is 5.97 Å². The van der Waals surface area contributed by atoms with Gasteiger partial charge in [0.2, 0.25) is 0 Å². The Morgan fingerprint density at radius 1 is 0.900 bits per heavy atom. The number of carbonyl (C=O) groups is 2. The van der Waals surface area contributed by atoms with Crippen LogP contribution in [0.25, 0.3) is 0 Å². The van der Waals surface area contributed by atoms with Crippen LogP contribution in [0, 0.1) is 0 Å². The van der Waals surface area contributed by atoms with Gasteiger partial charge in [0.15, 0.2) is 5.78 Å². The molecular formula is C25H29NO3S. The monoisotopic (exact) mass is 423 g/mol. The lowest BCUT2D eigenvalue weighted by Gasteiger charge is -2.18. The molecule has 30 heavy (non-hydrogen) atoms. The number of Topliss-reactive ketones (excluding diaryl/α,β-unsaturated/α-hetero) is 1. The van der Waals surface area contributed by atoms with Crippen molar-refractivity contribution in [3.8, 4) is 0 Å². The number of ketones is 1. The Balaban J connectivity index is 1.65. The van der Waals surface area contributed by atoms with E-state index in [-0.39, 0.29) is 5.78 Å². The van der Waals surface area contributed by atoms with Crippen molar-refractivity contribution in [2.24, 2.45) is 0 Å². The highest BCUT2D eigenvalue weighted by molar-refractivity contribution is 8.22. The number of nitrogens with one attached hydrogen (secondary N) is 1. The maximum absolute atomic E-state index is 13.1. The average molecular weight is 424 g/mol. The zero-order chi connectivity index (χ0) is 21.2. The molecule has 3 rings (SSSR count). The molecule has 1 atom stereocenters. The van der Waals surface area contributed by atoms with Crippen molar-refractivity contribution in [3.05, 3.63) is 88.7 Å². The molecule has 1 aliphatic heterocycles. The molecule has 1 N–H and O–H groups in total. The first-order valence-corrected chi connectivity index (χ1v) is 12.0. The van der Waals surface area contributed by atoms with Gasteiger partial charge in [-0.2, -0.15) is 10.9 Å². The molecule has 1 heterocycles. The highest BCUT2D eigenvalue weighted by atomic mass is 32.2. The Hall–Kier alpha value is -2.63. The molecule has 0 aromatic heterocycles. The lowest BCUT2D eigenvalue weighted by molar-refractivity contribution is 0.0153. The molecule has 158 valence electrons. The zero-order valence-corrected chi connectivity index (χ0v) is 18.2. The number of thiol groups is 1. The standard InChI is InChI=1S/C25H29NO3S/c1-2-3-4-8-13-23(26-29-25(28)21-11-6-5-7-12-21)24(27)20-14-16-22(17-15-20)30-18-9-10-19-30/h5-7,9-12,14-19,23,26,30H,2-4,8,13H2,1H3. The molecule has 1 aliphatic rings. The van der Waals surface area contributed by atoms with Gasteiger partial charge in [-0.1, -0.05) is 75.1 Å². The van der Waals surface area contributed by atoms with E-state index in [4.69, 9.17) is 4.84 Å². The van der Waals surface area contributed by atoms with Crippen molar-refractivity contribution >= 4 is 22.6 Å². The number of hydrogen-bond donors (Lipinski definition) is 2. The van der Waals surface area contributed by atoms with E-state index in [0.717, 1.165) is 25.7 Å². The third-order valence-electron chi connectivity index (χ3n) is 5.02. The molecule has 2 aromatic rings. The average Bonchev–Trinajstić information content (AvgIpc) is 3.34. The highest BCUT2D eigenvalue weighted by Crippen LogP contribution is 2.41. The Labute approximate surface area is 181 Å². The lowest BCUT2D eigenvalue weighted by Crippen LogP contribution is -2.38. The van der Waals surface area contributed by atoms with Gasteiger partial charge in [0.25, 0.3) is 0 Å². The van der Waals surface area contributed by atoms with E-state index >= 15 is 0 Å². The van der Waals surface area contributed by atoms with Crippen LogP contribution in [0.5, 0.6) is 0 Å². The van der Waals surface area contributed by atoms with Crippen molar-refractivity contribution in [1.29, 1.82) is 0 Å². The van der Waals surface area contributed by atoms with E-state index in [1.54, 1.807) is 24.3 Å². The molecule has 0 radical (unpaired) electrons. The fourth-order valence-corrected chi connectivity index (χ4v) is 4.79. The smallest absolute Gasteiger partial charge is 0.356 e. The summed E-state index contributed by atoms with van der Waals surface area (Å²) in [6, 6.07) is 16.0. The Morgan fingerprint density at radius 2 is 1.60 bits per heavy atom. The summed E-state index contributed by atoms with van der Waals surface area (Å²) >= 11 is 0. The van der Waals surface area contributed by atoms with Crippen LogP contribution in [0.15, 0.2) is 82.5 Å². The van der Waals surface area contributed by atoms with Crippen LogP contribution in [0.1, 0.15) is 59.7 Å². The third-order valence-corrected chi connectivity index (χ3v) is 6.90. The van der Waals surface area contributed by atoms with Crippen molar-refractivity contribution in [2.45, 2.75) is 50.0 Å². The minimum Gasteiger partial charge on any atom is -0.366 e. The molecule has 0 saturated carbocycles. The molecule has 4 nitrogen and oxygen atoms in total. The van der Waals surface area contributed by atoms with Crippen LogP contribution in [-0.2, 0) is 4.84 Å². The summed E-state index contributed by atoms with van der Waals surface area (Å²) < 4.78 is 0. The summed E-state index contributed by atoms with van der Waals surface area (Å²) in [5, 5.41) is 4.38. The molecular weight excluding hydrogens is 394 g/mol. The largest absolute Gasteiger partial charge is 0.366 e. The van der Waals surface area contributed by atoms with Crippen LogP contribution in [0.2, 0.25) is 0 Å². The fourth-order valence-electron chi connectivity index (χ4n) is 3.28. The van der Waals surface area contributed by atoms with Gasteiger partial charge in [-0.3, -0.25) is 4.79 Å². The number of unbranched alkanes of at least 4 members (excludes halogenated alkanes) is 3. The predicted octanol–water partition coefficient (Wildman–Crippen LogP) is 5.97. The van der Waals surface area contributed by atoms with E-state index in [9.17, 15) is 9.59 Å². The minimum atomic E-state index is -0.558. The number of carbonyl (C=O) groups excluding carboxylic acids is 2. The lowest BCUT2D eigenvalue weighted by atomic mass is 9.99. The van der Waals surface area contributed by atoms with Crippen LogP contribution < -0.4 is 5.48 Å². The highest BCUT2D eigenvalue weighted by Gasteiger charge is 2.22. The summed E-state index contributed by atoms with van der Waals surface area (Å²) in [5.41, 5.74) is 3.83. The van der Waals surface area contributed by atoms with E-state index < -0.39 is 22.9 Å². The van der Waals surface area contributed by atoms with Crippen molar-refractivity contribution in [2.75, 3.05) is 0 Å². The van der Waals surface area contributed by atoms with Crippen LogP contribution in [0.3, 0.4) is 0 Å². The third kappa shape index (κ3) is 6.18. The summed E-state index contributed by atoms with van der Waals surface area (Å²) in [7, 11) is -0.399. The number of benzene rings is 2. The molecule has 0 bridgehead atoms. The normalized spacial score (nSPS) is 14.6. The molecule has 0 amide bonds. The summed E-state index contributed by atoms with van der Waals surface area (Å²) in [5.74, 6) is -0.538. The van der Waals surface area contributed by atoms with Crippen LogP contribution in [-0.4, -0.2) is 17.8 Å². The second-order valence-electron chi connectivity index (χ2n) is 7.28. The molecule has 1 unspecified atom stereocenters. The molecule has 0 fully saturated rings. The Bertz CT molecular complexity index is 878. The zero-order valence-electron chi connectivity index (χ0n) is 17.3. The Kier molecular flexibility index (Phi) is 8.48. The van der Waals surface area contributed by atoms with Gasteiger partial charge in [0.05, 0.1) is 5.56 Å². The molecule has 0 aliphatic carbocycles. The first-order valence-electron chi connectivity index (χ1n) is 10.5. The second kappa shape index (κ2) is 11.5. The van der Waals surface area contributed by atoms with Gasteiger partial charge < -0.3 is 4.84 Å². The van der Waals surface area contributed by atoms with Gasteiger partial charge in [0, 0.05) is 5.56 Å². The maximum atomic E-state index is 13.1. The summed E-state index contributed by atoms with van der Waals surface area (Å²) in [6.07, 6.45) is 8.95. The minimum absolute atomic E-state index is 0.0517. The van der Waals surface area contributed by atoms with Gasteiger partial charge in [0.1, 0.15) is 6.04 Å². The summed E-state index contributed by atoms with van der Waals surface area (Å²) in [6.45, 7) is 2.15. The quantitative estimate of drug-likeness (QED) is 0.202. The maximum Gasteiger partial charge on any atom is 0.356 e. The van der Waals surface area contributed by atoms with Crippen molar-refractivity contribution in [3.63, 3.8) is 0 Å². The number of rotatable bonds is 11. The van der Waals surface area contributed by atoms with Gasteiger partial charge in [-0.15, -0.1) is 5.48 Å². The van der Waals surface area contributed by atoms with E-state index in [1.165, 1.54) is 4.90 Å². The van der Waals surface area contributed by atoms with Crippen LogP contribution in [0.4, 0.5) is 0 Å². The first kappa shape index (κ1) is 22.1. The summed E-state index contributed by atoms with van der Waals surface area (Å²) in [4.78, 5) is 31.9. The molecule has 2 aromatic carbocycles. The van der Waals surface area contributed by atoms with E-state index in [1.807, 2.05) is 30.3 Å². The van der Waals surface area contributed by atoms with Gasteiger partial charge in [-0.05, 0) is 46.4 Å². The van der Waals surface area contributed by atoms with E-state index in [0.29, 0.717) is 17.5 Å². The Morgan fingerprint density at radius 3 is 2.27 bits per heavy atom. The topological polar surface area (TPSA) is 55.4 Å². The molecule has 0 spiro atoms. The van der Waals surface area contributed by atoms with Crippen molar-refractivity contribution in [1.82, 2.24) is 5.48 Å². The number of allylic oxidation sites excluding steroid dienone is 2.